The number of amides is 1. The van der Waals surface area contributed by atoms with Crippen molar-refractivity contribution in [2.45, 2.75) is 19.3 Å². The van der Waals surface area contributed by atoms with E-state index in [1.165, 1.54) is 0 Å². The third kappa shape index (κ3) is 3.27. The van der Waals surface area contributed by atoms with Crippen molar-refractivity contribution in [2.75, 3.05) is 13.1 Å². The molecule has 1 aliphatic rings. The molecule has 0 saturated carbocycles. The summed E-state index contributed by atoms with van der Waals surface area (Å²) in [6.07, 6.45) is 4.88. The largest absolute Gasteiger partial charge is 0.481 e. The second-order valence-corrected chi connectivity index (χ2v) is 2.99. The molecule has 4 nitrogen and oxygen atoms in total. The summed E-state index contributed by atoms with van der Waals surface area (Å²) < 4.78 is 0. The summed E-state index contributed by atoms with van der Waals surface area (Å²) in [6.45, 7) is 1.34. The number of rotatable bonds is 3. The van der Waals surface area contributed by atoms with Gasteiger partial charge in [-0.15, -0.1) is 0 Å². The van der Waals surface area contributed by atoms with E-state index in [1.54, 1.807) is 4.90 Å². The van der Waals surface area contributed by atoms with Crippen LogP contribution < -0.4 is 0 Å². The Hall–Kier alpha value is -1.32. The van der Waals surface area contributed by atoms with E-state index >= 15 is 0 Å². The number of carbonyl (C=O) groups is 2. The first kappa shape index (κ1) is 9.77. The molecule has 0 aromatic carbocycles. The van der Waals surface area contributed by atoms with Crippen molar-refractivity contribution >= 4 is 11.9 Å². The minimum atomic E-state index is -0.916. The lowest BCUT2D eigenvalue weighted by atomic mass is 10.2. The first-order valence-corrected chi connectivity index (χ1v) is 4.34. The number of hydrogen-bond acceptors (Lipinski definition) is 2. The second kappa shape index (κ2) is 4.64. The fourth-order valence-electron chi connectivity index (χ4n) is 1.24. The minimum Gasteiger partial charge on any atom is -0.481 e. The Morgan fingerprint density at radius 1 is 1.31 bits per heavy atom. The zero-order valence-electron chi connectivity index (χ0n) is 7.40. The van der Waals surface area contributed by atoms with Crippen LogP contribution in [-0.4, -0.2) is 35.0 Å². The van der Waals surface area contributed by atoms with Crippen molar-refractivity contribution in [3.05, 3.63) is 12.2 Å². The van der Waals surface area contributed by atoms with Gasteiger partial charge in [-0.05, 0) is 6.42 Å². The number of hydrogen-bond donors (Lipinski definition) is 1. The Labute approximate surface area is 76.8 Å². The molecular formula is C9H13NO3. The number of carboxylic acid groups (broad SMARTS) is 1. The van der Waals surface area contributed by atoms with Gasteiger partial charge in [-0.2, -0.15) is 0 Å². The molecule has 0 aromatic rings. The third-order valence-corrected chi connectivity index (χ3v) is 1.96. The predicted molar refractivity (Wildman–Crippen MR) is 47.2 cm³/mol. The summed E-state index contributed by atoms with van der Waals surface area (Å²) in [5.74, 6) is -0.979. The van der Waals surface area contributed by atoms with Crippen molar-refractivity contribution < 1.29 is 14.7 Å². The first-order chi connectivity index (χ1) is 6.20. The van der Waals surface area contributed by atoms with Crippen LogP contribution in [0, 0.1) is 0 Å². The van der Waals surface area contributed by atoms with Crippen molar-refractivity contribution in [2.24, 2.45) is 0 Å². The molecule has 0 aromatic heterocycles. The standard InChI is InChI=1S/C9H13NO3/c11-8(4-5-9(12)13)10-6-2-1-3-7-10/h1-2H,3-7H2,(H,12,13). The lowest BCUT2D eigenvalue weighted by Gasteiger charge is -2.22. The number of aliphatic carboxylic acids is 1. The monoisotopic (exact) mass is 183 g/mol. The molecule has 0 unspecified atom stereocenters. The summed E-state index contributed by atoms with van der Waals surface area (Å²) >= 11 is 0. The quantitative estimate of drug-likeness (QED) is 0.653. The Morgan fingerprint density at radius 2 is 2.08 bits per heavy atom. The lowest BCUT2D eigenvalue weighted by Crippen LogP contribution is -2.33. The van der Waals surface area contributed by atoms with Crippen molar-refractivity contribution in [3.8, 4) is 0 Å². The molecule has 0 atom stereocenters. The van der Waals surface area contributed by atoms with E-state index in [9.17, 15) is 9.59 Å². The van der Waals surface area contributed by atoms with E-state index in [4.69, 9.17) is 5.11 Å². The van der Waals surface area contributed by atoms with Gasteiger partial charge in [-0.25, -0.2) is 0 Å². The molecule has 1 N–H and O–H groups in total. The number of carbonyl (C=O) groups excluding carboxylic acids is 1. The Bertz CT molecular complexity index is 235. The molecule has 0 aliphatic carbocycles. The SMILES string of the molecule is O=C(O)CCC(=O)N1CC=CCC1. The average molecular weight is 183 g/mol. The molecule has 1 rings (SSSR count). The highest BCUT2D eigenvalue weighted by molar-refractivity contribution is 5.80. The van der Waals surface area contributed by atoms with Gasteiger partial charge in [0, 0.05) is 19.5 Å². The molecule has 0 bridgehead atoms. The predicted octanol–water partition coefficient (Wildman–Crippen LogP) is 0.640. The highest BCUT2D eigenvalue weighted by atomic mass is 16.4. The fourth-order valence-corrected chi connectivity index (χ4v) is 1.24. The molecule has 0 fully saturated rings. The number of nitrogens with zero attached hydrogens (tertiary/aromatic N) is 1. The topological polar surface area (TPSA) is 57.6 Å². The molecule has 1 heterocycles. The molecular weight excluding hydrogens is 170 g/mol. The van der Waals surface area contributed by atoms with E-state index < -0.39 is 5.97 Å². The van der Waals surface area contributed by atoms with E-state index in [-0.39, 0.29) is 18.7 Å². The van der Waals surface area contributed by atoms with E-state index in [0.717, 1.165) is 13.0 Å². The maximum Gasteiger partial charge on any atom is 0.303 e. The van der Waals surface area contributed by atoms with E-state index in [1.807, 2.05) is 12.2 Å². The number of carboxylic acids is 1. The van der Waals surface area contributed by atoms with Gasteiger partial charge in [0.15, 0.2) is 0 Å². The molecule has 1 amide bonds. The smallest absolute Gasteiger partial charge is 0.303 e. The Balaban J connectivity index is 2.30. The van der Waals surface area contributed by atoms with E-state index in [0.29, 0.717) is 6.54 Å². The van der Waals surface area contributed by atoms with Gasteiger partial charge < -0.3 is 10.0 Å². The van der Waals surface area contributed by atoms with Gasteiger partial charge in [-0.3, -0.25) is 9.59 Å². The van der Waals surface area contributed by atoms with Crippen LogP contribution in [0.5, 0.6) is 0 Å². The van der Waals surface area contributed by atoms with Gasteiger partial charge in [0.2, 0.25) is 5.91 Å². The second-order valence-electron chi connectivity index (χ2n) is 2.99. The Kier molecular flexibility index (Phi) is 3.49. The molecule has 0 spiro atoms. The van der Waals surface area contributed by atoms with Gasteiger partial charge in [-0.1, -0.05) is 12.2 Å². The summed E-state index contributed by atoms with van der Waals surface area (Å²) in [4.78, 5) is 23.2. The fraction of sp³-hybridized carbons (Fsp3) is 0.556. The van der Waals surface area contributed by atoms with Crippen LogP contribution in [0.15, 0.2) is 12.2 Å². The highest BCUT2D eigenvalue weighted by Crippen LogP contribution is 2.04. The van der Waals surface area contributed by atoms with Gasteiger partial charge >= 0.3 is 5.97 Å². The maximum atomic E-state index is 11.3. The zero-order chi connectivity index (χ0) is 9.68. The molecule has 13 heavy (non-hydrogen) atoms. The minimum absolute atomic E-state index is 0.0632. The summed E-state index contributed by atoms with van der Waals surface area (Å²) in [5, 5.41) is 8.38. The van der Waals surface area contributed by atoms with Gasteiger partial charge in [0.1, 0.15) is 0 Å². The first-order valence-electron chi connectivity index (χ1n) is 4.34. The third-order valence-electron chi connectivity index (χ3n) is 1.96. The summed E-state index contributed by atoms with van der Waals surface area (Å²) in [7, 11) is 0. The zero-order valence-corrected chi connectivity index (χ0v) is 7.40. The molecule has 72 valence electrons. The maximum absolute atomic E-state index is 11.3. The summed E-state index contributed by atoms with van der Waals surface area (Å²) in [6, 6.07) is 0. The molecule has 0 saturated heterocycles. The van der Waals surface area contributed by atoms with Crippen molar-refractivity contribution in [1.29, 1.82) is 0 Å². The van der Waals surface area contributed by atoms with Gasteiger partial charge in [0.05, 0.1) is 6.42 Å². The van der Waals surface area contributed by atoms with Crippen LogP contribution >= 0.6 is 0 Å². The van der Waals surface area contributed by atoms with Crippen LogP contribution in [0.1, 0.15) is 19.3 Å². The van der Waals surface area contributed by atoms with Gasteiger partial charge in [0.25, 0.3) is 0 Å². The highest BCUT2D eigenvalue weighted by Gasteiger charge is 2.14. The molecule has 4 heteroatoms. The lowest BCUT2D eigenvalue weighted by molar-refractivity contribution is -0.140. The van der Waals surface area contributed by atoms with Crippen LogP contribution in [0.25, 0.3) is 0 Å². The van der Waals surface area contributed by atoms with Crippen LogP contribution in [0.2, 0.25) is 0 Å². The van der Waals surface area contributed by atoms with Crippen LogP contribution in [0.3, 0.4) is 0 Å². The average Bonchev–Trinajstić information content (AvgIpc) is 2.15. The molecule has 1 aliphatic heterocycles. The molecule has 0 radical (unpaired) electrons. The Morgan fingerprint density at radius 3 is 2.62 bits per heavy atom. The van der Waals surface area contributed by atoms with Crippen molar-refractivity contribution in [1.82, 2.24) is 4.90 Å². The van der Waals surface area contributed by atoms with Crippen LogP contribution in [-0.2, 0) is 9.59 Å². The van der Waals surface area contributed by atoms with E-state index in [2.05, 4.69) is 0 Å². The summed E-state index contributed by atoms with van der Waals surface area (Å²) in [5.41, 5.74) is 0. The normalized spacial score (nSPS) is 15.8. The van der Waals surface area contributed by atoms with Crippen molar-refractivity contribution in [3.63, 3.8) is 0 Å². The van der Waals surface area contributed by atoms with Crippen LogP contribution in [0.4, 0.5) is 0 Å².